The molecule has 1 fully saturated rings. The van der Waals surface area contributed by atoms with Crippen molar-refractivity contribution in [3.05, 3.63) is 0 Å². The van der Waals surface area contributed by atoms with Crippen LogP contribution >= 0.6 is 0 Å². The summed E-state index contributed by atoms with van der Waals surface area (Å²) in [6.07, 6.45) is 1.83. The Kier molecular flexibility index (Phi) is 11.5. The smallest absolute Gasteiger partial charge is 0.149 e. The maximum Gasteiger partial charge on any atom is 0.149 e. The minimum Gasteiger partial charge on any atom is -0.317 e. The summed E-state index contributed by atoms with van der Waals surface area (Å²) in [6, 6.07) is 0. The lowest BCUT2D eigenvalue weighted by atomic mass is 9.85. The fourth-order valence-electron chi connectivity index (χ4n) is 1.63. The van der Waals surface area contributed by atoms with Crippen molar-refractivity contribution in [3.8, 4) is 0 Å². The Morgan fingerprint density at radius 2 is 1.53 bits per heavy atom. The van der Waals surface area contributed by atoms with Crippen molar-refractivity contribution < 1.29 is 4.79 Å². The lowest BCUT2D eigenvalue weighted by molar-refractivity contribution is -0.124. The summed E-state index contributed by atoms with van der Waals surface area (Å²) in [4.78, 5) is 11.3. The summed E-state index contributed by atoms with van der Waals surface area (Å²) in [5.41, 5.74) is -0.231. The first-order valence-electron chi connectivity index (χ1n) is 6.12. The molecule has 0 aromatic rings. The largest absolute Gasteiger partial charge is 0.317 e. The molecule has 92 valence electrons. The predicted molar refractivity (Wildman–Crippen MR) is 67.3 cm³/mol. The molecule has 0 saturated carbocycles. The van der Waals surface area contributed by atoms with E-state index >= 15 is 0 Å². The lowest BCUT2D eigenvalue weighted by Gasteiger charge is -2.34. The number of hydrogen-bond acceptors (Lipinski definition) is 3. The highest BCUT2D eigenvalue weighted by molar-refractivity contribution is 5.86. The molecule has 0 amide bonds. The molecule has 1 aliphatic heterocycles. The Morgan fingerprint density at radius 1 is 1.13 bits per heavy atom. The van der Waals surface area contributed by atoms with Gasteiger partial charge in [-0.3, -0.25) is 4.79 Å². The standard InChI is InChI=1S/C8H16N2O.2C2H6/c1-7(11)8(9-2)3-5-10-6-4-8;2*1-2/h9-10H,3-6H2,1-2H3;2*1-2H3. The third-order valence-electron chi connectivity index (χ3n) is 2.61. The summed E-state index contributed by atoms with van der Waals surface area (Å²) >= 11 is 0. The molecule has 0 bridgehead atoms. The zero-order valence-corrected chi connectivity index (χ0v) is 11.2. The molecule has 15 heavy (non-hydrogen) atoms. The Bertz CT molecular complexity index is 152. The predicted octanol–water partition coefficient (Wildman–Crippen LogP) is 1.97. The van der Waals surface area contributed by atoms with E-state index in [2.05, 4.69) is 10.6 Å². The van der Waals surface area contributed by atoms with Crippen LogP contribution in [0.1, 0.15) is 47.5 Å². The highest BCUT2D eigenvalue weighted by Crippen LogP contribution is 2.18. The van der Waals surface area contributed by atoms with Crippen LogP contribution in [0, 0.1) is 0 Å². The van der Waals surface area contributed by atoms with E-state index in [1.807, 2.05) is 34.7 Å². The number of piperidine rings is 1. The van der Waals surface area contributed by atoms with Crippen LogP contribution in [-0.2, 0) is 4.79 Å². The topological polar surface area (TPSA) is 41.1 Å². The monoisotopic (exact) mass is 216 g/mol. The van der Waals surface area contributed by atoms with E-state index < -0.39 is 0 Å². The first-order chi connectivity index (χ1) is 7.21. The summed E-state index contributed by atoms with van der Waals surface area (Å²) in [5.74, 6) is 0.265. The molecule has 1 rings (SSSR count). The van der Waals surface area contributed by atoms with E-state index in [1.165, 1.54) is 0 Å². The Morgan fingerprint density at radius 3 is 1.73 bits per heavy atom. The normalized spacial score (nSPS) is 17.7. The molecule has 0 aliphatic carbocycles. The number of carbonyl (C=O) groups excluding carboxylic acids is 1. The molecule has 3 nitrogen and oxygen atoms in total. The van der Waals surface area contributed by atoms with Crippen molar-refractivity contribution in [2.24, 2.45) is 0 Å². The second kappa shape index (κ2) is 10.1. The van der Waals surface area contributed by atoms with Gasteiger partial charge in [-0.2, -0.15) is 0 Å². The quantitative estimate of drug-likeness (QED) is 0.741. The van der Waals surface area contributed by atoms with Crippen LogP contribution in [0.4, 0.5) is 0 Å². The van der Waals surface area contributed by atoms with E-state index in [9.17, 15) is 4.79 Å². The van der Waals surface area contributed by atoms with Crippen LogP contribution in [0.3, 0.4) is 0 Å². The molecule has 3 heteroatoms. The second-order valence-corrected chi connectivity index (χ2v) is 3.14. The fourth-order valence-corrected chi connectivity index (χ4v) is 1.63. The Balaban J connectivity index is 0. The SMILES string of the molecule is CC.CC.CNC1(C(C)=O)CCNCC1. The molecule has 2 N–H and O–H groups in total. The summed E-state index contributed by atoms with van der Waals surface area (Å²) in [6.45, 7) is 11.6. The Hall–Kier alpha value is -0.410. The van der Waals surface area contributed by atoms with Crippen molar-refractivity contribution in [3.63, 3.8) is 0 Å². The van der Waals surface area contributed by atoms with Gasteiger partial charge in [-0.25, -0.2) is 0 Å². The van der Waals surface area contributed by atoms with E-state index in [1.54, 1.807) is 6.92 Å². The number of nitrogens with one attached hydrogen (secondary N) is 2. The Labute approximate surface area is 95.0 Å². The van der Waals surface area contributed by atoms with Crippen molar-refractivity contribution >= 4 is 5.78 Å². The van der Waals surface area contributed by atoms with Gasteiger partial charge in [0, 0.05) is 0 Å². The maximum atomic E-state index is 11.3. The van der Waals surface area contributed by atoms with E-state index in [0.29, 0.717) is 0 Å². The third kappa shape index (κ3) is 5.28. The first-order valence-corrected chi connectivity index (χ1v) is 6.12. The maximum absolute atomic E-state index is 11.3. The third-order valence-corrected chi connectivity index (χ3v) is 2.61. The lowest BCUT2D eigenvalue weighted by Crippen LogP contribution is -2.55. The molecule has 0 spiro atoms. The van der Waals surface area contributed by atoms with Crippen LogP contribution in [0.5, 0.6) is 0 Å². The van der Waals surface area contributed by atoms with E-state index in [-0.39, 0.29) is 11.3 Å². The molecule has 1 saturated heterocycles. The number of Topliss-reactive ketones (excluding diaryl/α,β-unsaturated/α-hetero) is 1. The number of hydrogen-bond donors (Lipinski definition) is 2. The van der Waals surface area contributed by atoms with Crippen molar-refractivity contribution in [1.29, 1.82) is 0 Å². The molecule has 0 radical (unpaired) electrons. The van der Waals surface area contributed by atoms with Gasteiger partial charge in [0.1, 0.15) is 5.78 Å². The van der Waals surface area contributed by atoms with Crippen LogP contribution in [0.2, 0.25) is 0 Å². The van der Waals surface area contributed by atoms with Gasteiger partial charge in [0.15, 0.2) is 0 Å². The average Bonchev–Trinajstić information content (AvgIpc) is 2.35. The zero-order valence-electron chi connectivity index (χ0n) is 11.2. The van der Waals surface area contributed by atoms with Crippen LogP contribution in [-0.4, -0.2) is 31.5 Å². The van der Waals surface area contributed by atoms with Crippen LogP contribution < -0.4 is 10.6 Å². The summed E-state index contributed by atoms with van der Waals surface area (Å²) in [7, 11) is 1.87. The minimum atomic E-state index is -0.231. The average molecular weight is 216 g/mol. The van der Waals surface area contributed by atoms with Gasteiger partial charge in [-0.05, 0) is 39.9 Å². The minimum absolute atomic E-state index is 0.231. The van der Waals surface area contributed by atoms with Gasteiger partial charge in [-0.1, -0.05) is 27.7 Å². The van der Waals surface area contributed by atoms with E-state index in [0.717, 1.165) is 25.9 Å². The molecule has 1 aliphatic rings. The van der Waals surface area contributed by atoms with Gasteiger partial charge in [0.2, 0.25) is 0 Å². The molecular formula is C12H28N2O. The second-order valence-electron chi connectivity index (χ2n) is 3.14. The highest BCUT2D eigenvalue weighted by Gasteiger charge is 2.34. The van der Waals surface area contributed by atoms with Gasteiger partial charge >= 0.3 is 0 Å². The van der Waals surface area contributed by atoms with Gasteiger partial charge in [0.05, 0.1) is 5.54 Å². The zero-order chi connectivity index (χ0) is 12.3. The van der Waals surface area contributed by atoms with Crippen molar-refractivity contribution in [2.45, 2.75) is 53.0 Å². The summed E-state index contributed by atoms with van der Waals surface area (Å²) in [5, 5.41) is 6.36. The first kappa shape index (κ1) is 17.0. The van der Waals surface area contributed by atoms with Crippen molar-refractivity contribution in [1.82, 2.24) is 10.6 Å². The van der Waals surface area contributed by atoms with E-state index in [4.69, 9.17) is 0 Å². The molecule has 0 atom stereocenters. The van der Waals surface area contributed by atoms with Gasteiger partial charge in [-0.15, -0.1) is 0 Å². The number of carbonyl (C=O) groups is 1. The molecule has 1 heterocycles. The number of rotatable bonds is 2. The summed E-state index contributed by atoms with van der Waals surface area (Å²) < 4.78 is 0. The number of ketones is 1. The van der Waals surface area contributed by atoms with Crippen molar-refractivity contribution in [2.75, 3.05) is 20.1 Å². The molecule has 0 aromatic heterocycles. The molecule has 0 aromatic carbocycles. The molecule has 0 unspecified atom stereocenters. The van der Waals surface area contributed by atoms with Crippen LogP contribution in [0.25, 0.3) is 0 Å². The van der Waals surface area contributed by atoms with Gasteiger partial charge in [0.25, 0.3) is 0 Å². The van der Waals surface area contributed by atoms with Crippen LogP contribution in [0.15, 0.2) is 0 Å². The number of likely N-dealkylation sites (N-methyl/N-ethyl adjacent to an activating group) is 1. The van der Waals surface area contributed by atoms with Gasteiger partial charge < -0.3 is 10.6 Å². The highest BCUT2D eigenvalue weighted by atomic mass is 16.1. The molecular weight excluding hydrogens is 188 g/mol. The fraction of sp³-hybridized carbons (Fsp3) is 0.917.